The van der Waals surface area contributed by atoms with E-state index in [1.807, 2.05) is 19.1 Å². The number of hydrogen-bond acceptors (Lipinski definition) is 6. The predicted octanol–water partition coefficient (Wildman–Crippen LogP) is 3.83. The highest BCUT2D eigenvalue weighted by Crippen LogP contribution is 2.35. The molecule has 0 bridgehead atoms. The van der Waals surface area contributed by atoms with Gasteiger partial charge in [-0.25, -0.2) is 4.98 Å². The lowest BCUT2D eigenvalue weighted by Crippen LogP contribution is -2.20. The highest BCUT2D eigenvalue weighted by molar-refractivity contribution is 7.99. The van der Waals surface area contributed by atoms with Gasteiger partial charge in [0.05, 0.1) is 16.0 Å². The van der Waals surface area contributed by atoms with Crippen LogP contribution in [0, 0.1) is 6.92 Å². The van der Waals surface area contributed by atoms with Gasteiger partial charge in [-0.1, -0.05) is 11.8 Å². The van der Waals surface area contributed by atoms with E-state index in [-0.39, 0.29) is 11.3 Å². The Kier molecular flexibility index (Phi) is 4.10. The Hall–Kier alpha value is -1.44. The van der Waals surface area contributed by atoms with Crippen LogP contribution in [0.4, 0.5) is 0 Å². The summed E-state index contributed by atoms with van der Waals surface area (Å²) >= 11 is 4.49. The maximum atomic E-state index is 12.7. The van der Waals surface area contributed by atoms with Crippen molar-refractivity contribution in [3.05, 3.63) is 42.7 Å². The Labute approximate surface area is 151 Å². The Bertz CT molecular complexity index is 1010. The molecule has 0 radical (unpaired) electrons. The van der Waals surface area contributed by atoms with Gasteiger partial charge < -0.3 is 0 Å². The topological polar surface area (TPSA) is 52.0 Å². The first-order valence-corrected chi connectivity index (χ1v) is 10.4. The van der Waals surface area contributed by atoms with Crippen molar-refractivity contribution in [1.29, 1.82) is 0 Å². The first kappa shape index (κ1) is 16.1. The van der Waals surface area contributed by atoms with E-state index in [0.717, 1.165) is 39.2 Å². The van der Waals surface area contributed by atoms with Crippen molar-refractivity contribution in [1.82, 2.24) is 9.55 Å². The summed E-state index contributed by atoms with van der Waals surface area (Å²) in [6.07, 6.45) is 3.17. The van der Waals surface area contributed by atoms with Gasteiger partial charge in [0.2, 0.25) is 0 Å². The number of aryl methyl sites for hydroxylation is 3. The normalized spacial score (nSPS) is 13.6. The van der Waals surface area contributed by atoms with Crippen LogP contribution in [-0.4, -0.2) is 21.1 Å². The number of ketones is 1. The number of carbonyl (C=O) groups excluding carboxylic acids is 1. The van der Waals surface area contributed by atoms with Gasteiger partial charge >= 0.3 is 0 Å². The Morgan fingerprint density at radius 1 is 1.33 bits per heavy atom. The fourth-order valence-corrected chi connectivity index (χ4v) is 6.07. The zero-order chi connectivity index (χ0) is 16.8. The second kappa shape index (κ2) is 6.13. The standard InChI is InChI=1S/C17H16N2O2S3/c1-9-6-7-13(23-9)11(20)8-22-17-18-15-14(16(21)19(17)2)10-4-3-5-12(10)24-15/h6-7H,3-5,8H2,1-2H3. The zero-order valence-electron chi connectivity index (χ0n) is 13.4. The van der Waals surface area contributed by atoms with Crippen LogP contribution in [-0.2, 0) is 19.9 Å². The third-order valence-electron chi connectivity index (χ3n) is 4.25. The van der Waals surface area contributed by atoms with Gasteiger partial charge in [0.15, 0.2) is 10.9 Å². The highest BCUT2D eigenvalue weighted by Gasteiger charge is 2.22. The quantitative estimate of drug-likeness (QED) is 0.394. The van der Waals surface area contributed by atoms with Gasteiger partial charge in [-0.05, 0) is 43.9 Å². The van der Waals surface area contributed by atoms with Gasteiger partial charge in [-0.15, -0.1) is 22.7 Å². The number of hydrogen-bond donors (Lipinski definition) is 0. The third kappa shape index (κ3) is 2.64. The number of Topliss-reactive ketones (excluding diaryl/α,β-unsaturated/α-hetero) is 1. The van der Waals surface area contributed by atoms with E-state index in [2.05, 4.69) is 4.98 Å². The summed E-state index contributed by atoms with van der Waals surface area (Å²) in [6.45, 7) is 1.99. The number of nitrogens with zero attached hydrogens (tertiary/aromatic N) is 2. The van der Waals surface area contributed by atoms with Crippen LogP contribution in [0.15, 0.2) is 22.1 Å². The van der Waals surface area contributed by atoms with E-state index >= 15 is 0 Å². The fourth-order valence-electron chi connectivity index (χ4n) is 3.02. The summed E-state index contributed by atoms with van der Waals surface area (Å²) in [4.78, 5) is 33.7. The van der Waals surface area contributed by atoms with Gasteiger partial charge in [0.25, 0.3) is 5.56 Å². The van der Waals surface area contributed by atoms with Crippen LogP contribution >= 0.6 is 34.4 Å². The molecule has 124 valence electrons. The van der Waals surface area contributed by atoms with Crippen molar-refractivity contribution >= 4 is 50.4 Å². The van der Waals surface area contributed by atoms with Crippen molar-refractivity contribution < 1.29 is 4.79 Å². The van der Waals surface area contributed by atoms with E-state index in [1.165, 1.54) is 33.5 Å². The van der Waals surface area contributed by atoms with Crippen LogP contribution < -0.4 is 5.56 Å². The number of thiophene rings is 2. The van der Waals surface area contributed by atoms with Gasteiger partial charge in [-0.2, -0.15) is 0 Å². The molecule has 0 saturated carbocycles. The van der Waals surface area contributed by atoms with Crippen LogP contribution in [0.3, 0.4) is 0 Å². The summed E-state index contributed by atoms with van der Waals surface area (Å²) in [5, 5.41) is 1.41. The maximum absolute atomic E-state index is 12.7. The number of rotatable bonds is 4. The Morgan fingerprint density at radius 2 is 2.17 bits per heavy atom. The van der Waals surface area contributed by atoms with Crippen molar-refractivity contribution in [2.45, 2.75) is 31.3 Å². The minimum atomic E-state index is 0.0151. The molecule has 4 rings (SSSR count). The van der Waals surface area contributed by atoms with Crippen LogP contribution in [0.2, 0.25) is 0 Å². The summed E-state index contributed by atoms with van der Waals surface area (Å²) in [7, 11) is 1.75. The molecule has 1 aliphatic carbocycles. The minimum Gasteiger partial charge on any atom is -0.292 e. The van der Waals surface area contributed by atoms with Gasteiger partial charge in [0, 0.05) is 16.8 Å². The van der Waals surface area contributed by atoms with Crippen molar-refractivity contribution in [3.8, 4) is 0 Å². The first-order chi connectivity index (χ1) is 11.5. The smallest absolute Gasteiger partial charge is 0.262 e. The number of fused-ring (bicyclic) bond motifs is 3. The molecule has 0 fully saturated rings. The lowest BCUT2D eigenvalue weighted by Gasteiger charge is -2.06. The number of aromatic nitrogens is 2. The summed E-state index contributed by atoms with van der Waals surface area (Å²) in [5.74, 6) is 0.387. The molecule has 0 aromatic carbocycles. The predicted molar refractivity (Wildman–Crippen MR) is 101 cm³/mol. The molecule has 1 aliphatic rings. The average molecular weight is 377 g/mol. The molecule has 0 amide bonds. The number of thioether (sulfide) groups is 1. The van der Waals surface area contributed by atoms with Gasteiger partial charge in [0.1, 0.15) is 4.83 Å². The third-order valence-corrected chi connectivity index (χ3v) is 7.51. The molecule has 0 aliphatic heterocycles. The Morgan fingerprint density at radius 3 is 2.92 bits per heavy atom. The summed E-state index contributed by atoms with van der Waals surface area (Å²) < 4.78 is 1.59. The fraction of sp³-hybridized carbons (Fsp3) is 0.353. The molecule has 7 heteroatoms. The molecule has 0 atom stereocenters. The van der Waals surface area contributed by atoms with Crippen LogP contribution in [0.5, 0.6) is 0 Å². The molecular weight excluding hydrogens is 360 g/mol. The van der Waals surface area contributed by atoms with Crippen molar-refractivity contribution in [3.63, 3.8) is 0 Å². The monoisotopic (exact) mass is 376 g/mol. The SMILES string of the molecule is Cc1ccc(C(=O)CSc2nc3sc4c(c3c(=O)n2C)CCC4)s1. The van der Waals surface area contributed by atoms with Gasteiger partial charge in [-0.3, -0.25) is 14.2 Å². The average Bonchev–Trinajstić information content (AvgIpc) is 3.24. The van der Waals surface area contributed by atoms with Crippen molar-refractivity contribution in [2.24, 2.45) is 7.05 Å². The van der Waals surface area contributed by atoms with Crippen molar-refractivity contribution in [2.75, 3.05) is 5.75 Å². The summed E-state index contributed by atoms with van der Waals surface area (Å²) in [5.41, 5.74) is 1.21. The van der Waals surface area contributed by atoms with E-state index in [4.69, 9.17) is 0 Å². The highest BCUT2D eigenvalue weighted by atomic mass is 32.2. The molecule has 4 nitrogen and oxygen atoms in total. The van der Waals surface area contributed by atoms with E-state index in [9.17, 15) is 9.59 Å². The first-order valence-electron chi connectivity index (χ1n) is 7.78. The number of carbonyl (C=O) groups is 1. The molecule has 24 heavy (non-hydrogen) atoms. The molecule has 3 heterocycles. The lowest BCUT2D eigenvalue weighted by atomic mass is 10.2. The van der Waals surface area contributed by atoms with E-state index in [0.29, 0.717) is 10.9 Å². The van der Waals surface area contributed by atoms with E-state index < -0.39 is 0 Å². The molecule has 0 N–H and O–H groups in total. The van der Waals surface area contributed by atoms with Crippen LogP contribution in [0.1, 0.15) is 31.4 Å². The zero-order valence-corrected chi connectivity index (χ0v) is 15.9. The largest absolute Gasteiger partial charge is 0.292 e. The second-order valence-corrected chi connectivity index (χ2v) is 9.23. The summed E-state index contributed by atoms with van der Waals surface area (Å²) in [6, 6.07) is 3.82. The molecular formula is C17H16N2O2S3. The maximum Gasteiger partial charge on any atom is 0.262 e. The lowest BCUT2D eigenvalue weighted by molar-refractivity contribution is 0.102. The second-order valence-electron chi connectivity index (χ2n) is 5.92. The van der Waals surface area contributed by atoms with Crippen LogP contribution in [0.25, 0.3) is 10.2 Å². The molecule has 3 aromatic heterocycles. The minimum absolute atomic E-state index is 0.0151. The Balaban J connectivity index is 1.64. The molecule has 0 saturated heterocycles. The molecule has 0 unspecified atom stereocenters. The van der Waals surface area contributed by atoms with E-state index in [1.54, 1.807) is 23.0 Å². The molecule has 0 spiro atoms. The molecule has 3 aromatic rings.